The van der Waals surface area contributed by atoms with Gasteiger partial charge in [-0.25, -0.2) is 4.98 Å². The van der Waals surface area contributed by atoms with Crippen molar-refractivity contribution < 1.29 is 9.53 Å². The zero-order chi connectivity index (χ0) is 29.9. The number of fused-ring (bicyclic) bond motifs is 1. The van der Waals surface area contributed by atoms with Crippen molar-refractivity contribution in [2.45, 2.75) is 44.6 Å². The SMILES string of the molecule is CN(C)CCn1ccc2cc(-c3ccc(CO[C@H]4CCC[C@@H]4NC(=O)c4cc(-c5cnn(C)c5)cnc4N)cc3)ccc21. The Morgan fingerprint density at radius 1 is 1.02 bits per heavy atom. The monoisotopic (exact) mass is 577 g/mol. The molecule has 2 atom stereocenters. The number of aromatic nitrogens is 4. The van der Waals surface area contributed by atoms with Crippen molar-refractivity contribution in [3.05, 3.63) is 90.5 Å². The summed E-state index contributed by atoms with van der Waals surface area (Å²) in [4.78, 5) is 19.7. The van der Waals surface area contributed by atoms with Crippen molar-refractivity contribution in [2.75, 3.05) is 26.4 Å². The van der Waals surface area contributed by atoms with Crippen LogP contribution in [0.1, 0.15) is 35.2 Å². The van der Waals surface area contributed by atoms with Crippen LogP contribution in [-0.4, -0.2) is 62.9 Å². The Kier molecular flexibility index (Phi) is 8.26. The Bertz CT molecular complexity index is 1720. The molecule has 1 aliphatic rings. The van der Waals surface area contributed by atoms with E-state index >= 15 is 0 Å². The minimum atomic E-state index is -0.231. The van der Waals surface area contributed by atoms with Crippen LogP contribution >= 0.6 is 0 Å². The maximum Gasteiger partial charge on any atom is 0.255 e. The minimum absolute atomic E-state index is 0.0572. The van der Waals surface area contributed by atoms with Crippen molar-refractivity contribution in [3.63, 3.8) is 0 Å². The van der Waals surface area contributed by atoms with Crippen molar-refractivity contribution >= 4 is 22.6 Å². The van der Waals surface area contributed by atoms with Crippen LogP contribution < -0.4 is 11.1 Å². The van der Waals surface area contributed by atoms with Crippen LogP contribution in [0.3, 0.4) is 0 Å². The van der Waals surface area contributed by atoms with Gasteiger partial charge in [-0.15, -0.1) is 0 Å². The van der Waals surface area contributed by atoms with Crippen LogP contribution in [0, 0.1) is 0 Å². The van der Waals surface area contributed by atoms with Gasteiger partial charge < -0.3 is 25.3 Å². The molecule has 5 aromatic rings. The quantitative estimate of drug-likeness (QED) is 0.239. The summed E-state index contributed by atoms with van der Waals surface area (Å²) in [7, 11) is 6.05. The predicted octanol–water partition coefficient (Wildman–Crippen LogP) is 5.12. The number of nitrogens with one attached hydrogen (secondary N) is 1. The molecule has 3 aromatic heterocycles. The maximum absolute atomic E-state index is 13.2. The Morgan fingerprint density at radius 2 is 1.84 bits per heavy atom. The molecule has 3 N–H and O–H groups in total. The largest absolute Gasteiger partial charge is 0.383 e. The lowest BCUT2D eigenvalue weighted by Crippen LogP contribution is -2.41. The molecule has 1 amide bonds. The number of pyridine rings is 1. The molecule has 0 radical (unpaired) electrons. The molecule has 9 heteroatoms. The Morgan fingerprint density at radius 3 is 2.60 bits per heavy atom. The molecule has 0 unspecified atom stereocenters. The summed E-state index contributed by atoms with van der Waals surface area (Å²) < 4.78 is 10.4. The van der Waals surface area contributed by atoms with Crippen molar-refractivity contribution in [3.8, 4) is 22.3 Å². The van der Waals surface area contributed by atoms with Gasteiger partial charge in [0.15, 0.2) is 0 Å². The molecule has 6 rings (SSSR count). The third-order valence-electron chi connectivity index (χ3n) is 8.28. The minimum Gasteiger partial charge on any atom is -0.383 e. The van der Waals surface area contributed by atoms with E-state index in [0.717, 1.165) is 49.0 Å². The number of nitrogen functional groups attached to an aromatic ring is 1. The first-order chi connectivity index (χ1) is 20.8. The predicted molar refractivity (Wildman–Crippen MR) is 170 cm³/mol. The molecular formula is C34H39N7O2. The molecule has 9 nitrogen and oxygen atoms in total. The zero-order valence-corrected chi connectivity index (χ0v) is 25.0. The Balaban J connectivity index is 1.07. The first-order valence-corrected chi connectivity index (χ1v) is 14.8. The van der Waals surface area contributed by atoms with Crippen LogP contribution in [0.4, 0.5) is 5.82 Å². The number of ether oxygens (including phenoxy) is 1. The molecule has 0 saturated heterocycles. The summed E-state index contributed by atoms with van der Waals surface area (Å²) in [5, 5.41) is 8.62. The van der Waals surface area contributed by atoms with Crippen molar-refractivity contribution in [1.82, 2.24) is 29.5 Å². The number of nitrogens with two attached hydrogens (primary N) is 1. The third kappa shape index (κ3) is 6.48. The number of nitrogens with zero attached hydrogens (tertiary/aromatic N) is 5. The third-order valence-corrected chi connectivity index (χ3v) is 8.28. The molecule has 0 bridgehead atoms. The number of hydrogen-bond donors (Lipinski definition) is 2. The summed E-state index contributed by atoms with van der Waals surface area (Å²) in [6.45, 7) is 2.47. The fourth-order valence-corrected chi connectivity index (χ4v) is 5.80. The normalized spacial score (nSPS) is 16.7. The number of carbonyl (C=O) groups is 1. The van der Waals surface area contributed by atoms with Crippen molar-refractivity contribution in [2.24, 2.45) is 7.05 Å². The number of benzene rings is 2. The van der Waals surface area contributed by atoms with E-state index in [4.69, 9.17) is 10.5 Å². The number of carbonyl (C=O) groups excluding carboxylic acids is 1. The van der Waals surface area contributed by atoms with Gasteiger partial charge in [0.05, 0.1) is 30.5 Å². The summed E-state index contributed by atoms with van der Waals surface area (Å²) in [6, 6.07) is 19.1. The van der Waals surface area contributed by atoms with E-state index in [1.165, 1.54) is 22.0 Å². The number of hydrogen-bond acceptors (Lipinski definition) is 6. The molecule has 0 aliphatic heterocycles. The fraction of sp³-hybridized carbons (Fsp3) is 0.324. The lowest BCUT2D eigenvalue weighted by molar-refractivity contribution is 0.0272. The molecule has 1 saturated carbocycles. The molecule has 1 fully saturated rings. The number of rotatable bonds is 10. The Hall–Kier alpha value is -4.47. The van der Waals surface area contributed by atoms with Gasteiger partial charge in [0.25, 0.3) is 5.91 Å². The molecule has 43 heavy (non-hydrogen) atoms. The van der Waals surface area contributed by atoms with Gasteiger partial charge in [-0.1, -0.05) is 30.3 Å². The van der Waals surface area contributed by atoms with Gasteiger partial charge in [0.2, 0.25) is 0 Å². The maximum atomic E-state index is 13.2. The standard InChI is InChI=1S/C34H39N7O2/c1-39(2)15-16-41-14-13-26-17-25(11-12-31(26)41)24-9-7-23(8-10-24)22-43-32-6-4-5-30(32)38-34(42)29-18-27(19-36-33(29)35)28-20-37-40(3)21-28/h7-14,17-21,30,32H,4-6,15-16,22H2,1-3H3,(H2,35,36)(H,38,42)/t30-,32-/m0/s1. The first-order valence-electron chi connectivity index (χ1n) is 14.8. The van der Waals surface area contributed by atoms with E-state index in [9.17, 15) is 4.79 Å². The second kappa shape index (κ2) is 12.4. The smallest absolute Gasteiger partial charge is 0.255 e. The average Bonchev–Trinajstić information content (AvgIpc) is 3.75. The highest BCUT2D eigenvalue weighted by Gasteiger charge is 2.30. The Labute approximate surface area is 252 Å². The lowest BCUT2D eigenvalue weighted by atomic mass is 10.0. The highest BCUT2D eigenvalue weighted by molar-refractivity contribution is 5.99. The molecule has 3 heterocycles. The van der Waals surface area contributed by atoms with Gasteiger partial charge in [-0.3, -0.25) is 9.48 Å². The molecular weight excluding hydrogens is 538 g/mol. The average molecular weight is 578 g/mol. The molecule has 2 aromatic carbocycles. The molecule has 1 aliphatic carbocycles. The first kappa shape index (κ1) is 28.6. The summed E-state index contributed by atoms with van der Waals surface area (Å²) >= 11 is 0. The van der Waals surface area contributed by atoms with E-state index in [-0.39, 0.29) is 23.9 Å². The number of aryl methyl sites for hydroxylation is 1. The second-order valence-corrected chi connectivity index (χ2v) is 11.7. The van der Waals surface area contributed by atoms with Gasteiger partial charge in [-0.05, 0) is 74.3 Å². The molecule has 222 valence electrons. The van der Waals surface area contributed by atoms with Gasteiger partial charge in [0.1, 0.15) is 5.82 Å². The van der Waals surface area contributed by atoms with Crippen LogP contribution in [0.15, 0.2) is 79.4 Å². The van der Waals surface area contributed by atoms with E-state index in [1.807, 2.05) is 13.2 Å². The lowest BCUT2D eigenvalue weighted by Gasteiger charge is -2.22. The summed E-state index contributed by atoms with van der Waals surface area (Å²) in [6.07, 6.45) is 10.2. The van der Waals surface area contributed by atoms with E-state index in [2.05, 4.69) is 93.7 Å². The zero-order valence-electron chi connectivity index (χ0n) is 25.0. The van der Waals surface area contributed by atoms with Crippen LogP contribution in [-0.2, 0) is 24.9 Å². The highest BCUT2D eigenvalue weighted by atomic mass is 16.5. The van der Waals surface area contributed by atoms with Gasteiger partial charge in [0, 0.05) is 60.8 Å². The highest BCUT2D eigenvalue weighted by Crippen LogP contribution is 2.28. The summed E-state index contributed by atoms with van der Waals surface area (Å²) in [5.74, 6) is -0.0210. The van der Waals surface area contributed by atoms with Crippen LogP contribution in [0.5, 0.6) is 0 Å². The van der Waals surface area contributed by atoms with E-state index in [0.29, 0.717) is 12.2 Å². The van der Waals surface area contributed by atoms with Gasteiger partial charge >= 0.3 is 0 Å². The molecule has 0 spiro atoms. The number of likely N-dealkylation sites (N-methyl/N-ethyl adjacent to an activating group) is 1. The summed E-state index contributed by atoms with van der Waals surface area (Å²) in [5.41, 5.74) is 12.9. The van der Waals surface area contributed by atoms with Gasteiger partial charge in [-0.2, -0.15) is 5.10 Å². The van der Waals surface area contributed by atoms with E-state index in [1.54, 1.807) is 23.1 Å². The second-order valence-electron chi connectivity index (χ2n) is 11.7. The number of amides is 1. The van der Waals surface area contributed by atoms with E-state index < -0.39 is 0 Å². The van der Waals surface area contributed by atoms with Crippen LogP contribution in [0.2, 0.25) is 0 Å². The topological polar surface area (TPSA) is 103 Å². The fourth-order valence-electron chi connectivity index (χ4n) is 5.80. The van der Waals surface area contributed by atoms with Crippen molar-refractivity contribution in [1.29, 1.82) is 0 Å². The number of anilines is 1. The van der Waals surface area contributed by atoms with Crippen LogP contribution in [0.25, 0.3) is 33.2 Å².